The summed E-state index contributed by atoms with van der Waals surface area (Å²) in [7, 11) is 0. The van der Waals surface area contributed by atoms with Gasteiger partial charge in [0.25, 0.3) is 5.91 Å². The van der Waals surface area contributed by atoms with Gasteiger partial charge in [-0.25, -0.2) is 10.0 Å². The molecule has 130 valence electrons. The van der Waals surface area contributed by atoms with Crippen LogP contribution in [-0.2, 0) is 11.0 Å². The van der Waals surface area contributed by atoms with Gasteiger partial charge in [0.05, 0.1) is 22.8 Å². The van der Waals surface area contributed by atoms with Crippen LogP contribution >= 0.6 is 11.6 Å². The molecule has 0 saturated carbocycles. The van der Waals surface area contributed by atoms with Gasteiger partial charge in [-0.2, -0.15) is 26.3 Å². The van der Waals surface area contributed by atoms with Crippen molar-refractivity contribution in [2.75, 3.05) is 18.1 Å². The molecule has 1 aromatic rings. The lowest BCUT2D eigenvalue weighted by molar-refractivity contribution is -0.175. The van der Waals surface area contributed by atoms with Crippen LogP contribution in [-0.4, -0.2) is 30.2 Å². The predicted octanol–water partition coefficient (Wildman–Crippen LogP) is 3.73. The molecule has 0 spiro atoms. The van der Waals surface area contributed by atoms with E-state index in [1.165, 1.54) is 0 Å². The summed E-state index contributed by atoms with van der Waals surface area (Å²) in [5.41, 5.74) is -1.65. The normalized spacial score (nSPS) is 19.7. The van der Waals surface area contributed by atoms with Gasteiger partial charge in [-0.15, -0.1) is 6.42 Å². The number of nitrogens with zero attached hydrogens (tertiary/aromatic N) is 2. The largest absolute Gasteiger partial charge is 0.416 e. The highest BCUT2D eigenvalue weighted by Gasteiger charge is 2.54. The third kappa shape index (κ3) is 3.44. The highest BCUT2D eigenvalue weighted by Crippen LogP contribution is 2.40. The van der Waals surface area contributed by atoms with Crippen LogP contribution in [0.15, 0.2) is 18.2 Å². The topological polar surface area (TPSA) is 23.6 Å². The van der Waals surface area contributed by atoms with Crippen LogP contribution in [0.2, 0.25) is 5.02 Å². The smallest absolute Gasteiger partial charge is 0.272 e. The van der Waals surface area contributed by atoms with Crippen LogP contribution < -0.4 is 5.01 Å². The van der Waals surface area contributed by atoms with Gasteiger partial charge in [-0.1, -0.05) is 17.5 Å². The maximum absolute atomic E-state index is 12.9. The van der Waals surface area contributed by atoms with Crippen molar-refractivity contribution in [2.45, 2.75) is 12.4 Å². The number of hydrazine groups is 1. The minimum Gasteiger partial charge on any atom is -0.272 e. The average Bonchev–Trinajstić information content (AvgIpc) is 2.75. The number of amides is 1. The first kappa shape index (κ1) is 18.4. The number of terminal acetylenes is 1. The summed E-state index contributed by atoms with van der Waals surface area (Å²) < 4.78 is 77.3. The standard InChI is InChI=1S/C14H9ClF6N2O/c1-2-5-22-7-9(14(19,20)21)12(24)23(22)11-6-8(13(16,17)18)3-4-10(11)15/h1,3-4,6,9H,5,7H2. The number of hydrogen-bond donors (Lipinski definition) is 0. The molecule has 1 heterocycles. The van der Waals surface area contributed by atoms with Crippen molar-refractivity contribution in [1.29, 1.82) is 0 Å². The Balaban J connectivity index is 2.52. The molecular weight excluding hydrogens is 362 g/mol. The molecule has 1 aromatic carbocycles. The summed E-state index contributed by atoms with van der Waals surface area (Å²) in [6.07, 6.45) is -4.54. The number of rotatable bonds is 2. The third-order valence-electron chi connectivity index (χ3n) is 3.35. The third-order valence-corrected chi connectivity index (χ3v) is 3.67. The molecule has 1 atom stereocenters. The van der Waals surface area contributed by atoms with Crippen LogP contribution in [0.25, 0.3) is 0 Å². The first-order valence-electron chi connectivity index (χ1n) is 6.42. The summed E-state index contributed by atoms with van der Waals surface area (Å²) >= 11 is 5.80. The zero-order chi connectivity index (χ0) is 18.3. The zero-order valence-corrected chi connectivity index (χ0v) is 12.5. The first-order chi connectivity index (χ1) is 11.0. The Morgan fingerprint density at radius 1 is 1.25 bits per heavy atom. The maximum Gasteiger partial charge on any atom is 0.416 e. The number of benzene rings is 1. The summed E-state index contributed by atoms with van der Waals surface area (Å²) in [6, 6.07) is 2.05. The summed E-state index contributed by atoms with van der Waals surface area (Å²) in [6.45, 7) is -1.19. The minimum absolute atomic E-state index is 0.304. The Morgan fingerprint density at radius 2 is 1.88 bits per heavy atom. The van der Waals surface area contributed by atoms with Gasteiger partial charge in [-0.05, 0) is 18.2 Å². The van der Waals surface area contributed by atoms with Crippen molar-refractivity contribution in [2.24, 2.45) is 5.92 Å². The van der Waals surface area contributed by atoms with E-state index in [-0.39, 0.29) is 5.02 Å². The van der Waals surface area contributed by atoms with Crippen LogP contribution in [0.1, 0.15) is 5.56 Å². The lowest BCUT2D eigenvalue weighted by Gasteiger charge is -2.27. The average molecular weight is 371 g/mol. The van der Waals surface area contributed by atoms with E-state index in [9.17, 15) is 31.1 Å². The van der Waals surface area contributed by atoms with E-state index in [4.69, 9.17) is 18.0 Å². The van der Waals surface area contributed by atoms with Gasteiger partial charge in [0.15, 0.2) is 0 Å². The van der Waals surface area contributed by atoms with Gasteiger partial charge < -0.3 is 0 Å². The second-order valence-corrected chi connectivity index (χ2v) is 5.37. The Labute approximate surface area is 137 Å². The number of carbonyl (C=O) groups excluding carboxylic acids is 1. The van der Waals surface area contributed by atoms with Gasteiger partial charge >= 0.3 is 12.4 Å². The molecule has 1 aliphatic heterocycles. The van der Waals surface area contributed by atoms with E-state index < -0.39 is 48.5 Å². The van der Waals surface area contributed by atoms with Crippen LogP contribution in [0.5, 0.6) is 0 Å². The number of anilines is 1. The molecule has 10 heteroatoms. The Kier molecular flexibility index (Phi) is 4.74. The number of halogens is 7. The first-order valence-corrected chi connectivity index (χ1v) is 6.80. The molecule has 2 rings (SSSR count). The van der Waals surface area contributed by atoms with Crippen molar-refractivity contribution in [1.82, 2.24) is 5.01 Å². The molecule has 0 aliphatic carbocycles. The van der Waals surface area contributed by atoms with E-state index in [2.05, 4.69) is 5.92 Å². The molecule has 0 N–H and O–H groups in total. The molecular formula is C14H9ClF6N2O. The molecule has 0 aromatic heterocycles. The highest BCUT2D eigenvalue weighted by molar-refractivity contribution is 6.33. The molecule has 1 aliphatic rings. The Hall–Kier alpha value is -1.92. The van der Waals surface area contributed by atoms with Crippen LogP contribution in [0, 0.1) is 18.3 Å². The minimum atomic E-state index is -4.85. The second kappa shape index (κ2) is 6.18. The van der Waals surface area contributed by atoms with Crippen molar-refractivity contribution in [3.05, 3.63) is 28.8 Å². The molecule has 1 amide bonds. The molecule has 0 radical (unpaired) electrons. The van der Waals surface area contributed by atoms with E-state index >= 15 is 0 Å². The van der Waals surface area contributed by atoms with E-state index in [1.807, 2.05) is 0 Å². The maximum atomic E-state index is 12.9. The van der Waals surface area contributed by atoms with Crippen LogP contribution in [0.3, 0.4) is 0 Å². The van der Waals surface area contributed by atoms with Gasteiger partial charge in [-0.3, -0.25) is 4.79 Å². The van der Waals surface area contributed by atoms with E-state index in [0.717, 1.165) is 11.1 Å². The van der Waals surface area contributed by atoms with Gasteiger partial charge in [0.2, 0.25) is 0 Å². The SMILES string of the molecule is C#CCN1CC(C(F)(F)F)C(=O)N1c1cc(C(F)(F)F)ccc1Cl. The van der Waals surface area contributed by atoms with Gasteiger partial charge in [0, 0.05) is 6.54 Å². The molecule has 3 nitrogen and oxygen atoms in total. The quantitative estimate of drug-likeness (QED) is 0.585. The molecule has 1 unspecified atom stereocenters. The van der Waals surface area contributed by atoms with Crippen molar-refractivity contribution in [3.8, 4) is 12.3 Å². The van der Waals surface area contributed by atoms with Crippen LogP contribution in [0.4, 0.5) is 32.0 Å². The molecule has 24 heavy (non-hydrogen) atoms. The van der Waals surface area contributed by atoms with Gasteiger partial charge in [0.1, 0.15) is 5.92 Å². The zero-order valence-electron chi connectivity index (χ0n) is 11.7. The monoisotopic (exact) mass is 370 g/mol. The van der Waals surface area contributed by atoms with Crippen molar-refractivity contribution < 1.29 is 31.1 Å². The Morgan fingerprint density at radius 3 is 2.38 bits per heavy atom. The Bertz CT molecular complexity index is 694. The number of alkyl halides is 6. The number of hydrogen-bond acceptors (Lipinski definition) is 2. The summed E-state index contributed by atoms with van der Waals surface area (Å²) in [5.74, 6) is -1.76. The second-order valence-electron chi connectivity index (χ2n) is 4.96. The fourth-order valence-corrected chi connectivity index (χ4v) is 2.46. The van der Waals surface area contributed by atoms with Crippen molar-refractivity contribution in [3.63, 3.8) is 0 Å². The lowest BCUT2D eigenvalue weighted by atomic mass is 10.1. The van der Waals surface area contributed by atoms with E-state index in [1.54, 1.807) is 0 Å². The summed E-state index contributed by atoms with van der Waals surface area (Å²) in [5, 5.41) is 0.999. The molecule has 1 saturated heterocycles. The summed E-state index contributed by atoms with van der Waals surface area (Å²) in [4.78, 5) is 12.1. The van der Waals surface area contributed by atoms with Crippen molar-refractivity contribution >= 4 is 23.2 Å². The number of carbonyl (C=O) groups is 1. The lowest BCUT2D eigenvalue weighted by Crippen LogP contribution is -2.40. The predicted molar refractivity (Wildman–Crippen MR) is 73.9 cm³/mol. The molecule has 0 bridgehead atoms. The fraction of sp³-hybridized carbons (Fsp3) is 0.357. The molecule has 1 fully saturated rings. The fourth-order valence-electron chi connectivity index (χ4n) is 2.26. The highest BCUT2D eigenvalue weighted by atomic mass is 35.5. The van der Waals surface area contributed by atoms with E-state index in [0.29, 0.717) is 17.1 Å².